The number of fused-ring (bicyclic) bond motifs is 1. The first-order chi connectivity index (χ1) is 19.3. The highest BCUT2D eigenvalue weighted by Crippen LogP contribution is 2.60. The topological polar surface area (TPSA) is 90.4 Å². The molecule has 218 valence electrons. The largest absolute Gasteiger partial charge is 0.396 e. The highest BCUT2D eigenvalue weighted by molar-refractivity contribution is 9.09. The lowest BCUT2D eigenvalue weighted by molar-refractivity contribution is -0.149. The molecule has 7 atom stereocenters. The second-order valence-electron chi connectivity index (χ2n) is 11.1. The molecule has 4 unspecified atom stereocenters. The van der Waals surface area contributed by atoms with Gasteiger partial charge in [-0.05, 0) is 44.7 Å². The Hall–Kier alpha value is -2.49. The van der Waals surface area contributed by atoms with Crippen LogP contribution >= 0.6 is 15.9 Å². The Bertz CT molecular complexity index is 1100. The van der Waals surface area contributed by atoms with Crippen LogP contribution < -0.4 is 4.90 Å². The molecule has 40 heavy (non-hydrogen) atoms. The summed E-state index contributed by atoms with van der Waals surface area (Å²) in [6.45, 7) is 12.8. The molecule has 0 aliphatic carbocycles. The van der Waals surface area contributed by atoms with Gasteiger partial charge in [-0.3, -0.25) is 14.4 Å². The first kappa shape index (κ1) is 30.5. The van der Waals surface area contributed by atoms with Gasteiger partial charge >= 0.3 is 0 Å². The highest BCUT2D eigenvalue weighted by Gasteiger charge is 2.76. The molecule has 1 aromatic carbocycles. The number of ether oxygens (including phenoxy) is 1. The molecule has 3 amide bonds. The van der Waals surface area contributed by atoms with E-state index in [2.05, 4.69) is 36.0 Å². The van der Waals surface area contributed by atoms with Crippen LogP contribution in [0.25, 0.3) is 0 Å². The summed E-state index contributed by atoms with van der Waals surface area (Å²) in [7, 11) is 0. The summed E-state index contributed by atoms with van der Waals surface area (Å²) in [6, 6.07) is 8.46. The van der Waals surface area contributed by atoms with Crippen molar-refractivity contribution >= 4 is 39.3 Å². The van der Waals surface area contributed by atoms with Crippen molar-refractivity contribution in [3.63, 3.8) is 0 Å². The summed E-state index contributed by atoms with van der Waals surface area (Å²) in [6.07, 6.45) is 6.11. The van der Waals surface area contributed by atoms with Crippen LogP contribution in [-0.2, 0) is 19.1 Å². The quantitative estimate of drug-likeness (QED) is 0.195. The maximum Gasteiger partial charge on any atom is 0.248 e. The Kier molecular flexibility index (Phi) is 9.90. The summed E-state index contributed by atoms with van der Waals surface area (Å²) in [5, 5.41) is 9.43. The number of hydrogen-bond acceptors (Lipinski definition) is 5. The highest BCUT2D eigenvalue weighted by atomic mass is 79.9. The number of amides is 3. The van der Waals surface area contributed by atoms with Crippen LogP contribution in [-0.4, -0.2) is 87.5 Å². The maximum absolute atomic E-state index is 14.4. The zero-order valence-corrected chi connectivity index (χ0v) is 25.2. The van der Waals surface area contributed by atoms with E-state index in [1.807, 2.05) is 37.3 Å². The van der Waals surface area contributed by atoms with Crippen LogP contribution in [0.3, 0.4) is 0 Å². The van der Waals surface area contributed by atoms with E-state index in [9.17, 15) is 19.5 Å². The number of carbonyl (C=O) groups is 3. The molecule has 4 rings (SSSR count). The molecule has 3 heterocycles. The average Bonchev–Trinajstić information content (AvgIpc) is 3.53. The Morgan fingerprint density at radius 2 is 1.90 bits per heavy atom. The van der Waals surface area contributed by atoms with Crippen LogP contribution in [0.1, 0.15) is 46.0 Å². The van der Waals surface area contributed by atoms with Gasteiger partial charge in [-0.2, -0.15) is 0 Å². The number of anilines is 1. The summed E-state index contributed by atoms with van der Waals surface area (Å²) in [4.78, 5) is 47.9. The van der Waals surface area contributed by atoms with Crippen LogP contribution in [0.15, 0.2) is 55.6 Å². The van der Waals surface area contributed by atoms with Gasteiger partial charge in [-0.1, -0.05) is 59.6 Å². The fourth-order valence-electron chi connectivity index (χ4n) is 6.92. The van der Waals surface area contributed by atoms with Gasteiger partial charge < -0.3 is 24.5 Å². The zero-order chi connectivity index (χ0) is 29.0. The number of carbonyl (C=O) groups excluding carboxylic acids is 3. The lowest BCUT2D eigenvalue weighted by Crippen LogP contribution is -2.58. The van der Waals surface area contributed by atoms with Crippen molar-refractivity contribution in [2.75, 3.05) is 31.1 Å². The van der Waals surface area contributed by atoms with E-state index in [-0.39, 0.29) is 41.7 Å². The second kappa shape index (κ2) is 13.0. The van der Waals surface area contributed by atoms with Gasteiger partial charge in [-0.15, -0.1) is 13.2 Å². The monoisotopic (exact) mass is 615 g/mol. The van der Waals surface area contributed by atoms with Gasteiger partial charge in [0.05, 0.1) is 17.9 Å². The van der Waals surface area contributed by atoms with Crippen LogP contribution in [0, 0.1) is 11.8 Å². The minimum atomic E-state index is -1.12. The number of hydrogen-bond donors (Lipinski definition) is 1. The smallest absolute Gasteiger partial charge is 0.248 e. The van der Waals surface area contributed by atoms with Crippen LogP contribution in [0.2, 0.25) is 0 Å². The number of nitrogens with zero attached hydrogens (tertiary/aromatic N) is 3. The van der Waals surface area contributed by atoms with E-state index in [1.54, 1.807) is 26.9 Å². The Labute approximate surface area is 246 Å². The van der Waals surface area contributed by atoms with Gasteiger partial charge in [0.25, 0.3) is 0 Å². The van der Waals surface area contributed by atoms with E-state index in [0.29, 0.717) is 32.4 Å². The summed E-state index contributed by atoms with van der Waals surface area (Å²) in [5.74, 6) is -2.11. The molecular weight excluding hydrogens is 574 g/mol. The first-order valence-corrected chi connectivity index (χ1v) is 15.3. The van der Waals surface area contributed by atoms with Gasteiger partial charge in [0.2, 0.25) is 17.7 Å². The molecule has 1 spiro atoms. The molecule has 3 aliphatic heterocycles. The second-order valence-corrected chi connectivity index (χ2v) is 12.3. The number of likely N-dealkylation sites (tertiary alicyclic amines) is 1. The molecule has 3 aliphatic rings. The fraction of sp³-hybridized carbons (Fsp3) is 0.581. The van der Waals surface area contributed by atoms with E-state index < -0.39 is 29.6 Å². The summed E-state index contributed by atoms with van der Waals surface area (Å²) >= 11 is 3.76. The molecule has 3 fully saturated rings. The van der Waals surface area contributed by atoms with Crippen molar-refractivity contribution in [2.45, 2.75) is 74.6 Å². The van der Waals surface area contributed by atoms with E-state index in [4.69, 9.17) is 4.74 Å². The number of para-hydroxylation sites is 1. The van der Waals surface area contributed by atoms with Crippen molar-refractivity contribution in [1.82, 2.24) is 9.80 Å². The van der Waals surface area contributed by atoms with Gasteiger partial charge in [-0.25, -0.2) is 0 Å². The molecule has 0 aromatic heterocycles. The molecule has 2 bridgehead atoms. The summed E-state index contributed by atoms with van der Waals surface area (Å²) < 4.78 is 6.70. The third-order valence-corrected chi connectivity index (χ3v) is 9.45. The first-order valence-electron chi connectivity index (χ1n) is 14.4. The lowest BCUT2D eigenvalue weighted by atomic mass is 9.70. The molecule has 3 saturated heterocycles. The minimum Gasteiger partial charge on any atom is -0.396 e. The van der Waals surface area contributed by atoms with Gasteiger partial charge in [0.1, 0.15) is 11.6 Å². The third kappa shape index (κ3) is 5.28. The standard InChI is InChI=1S/C31H42BrN3O5/c1-5-13-21(4)33(16-6-2)30(39)27-31-20-23(32)26(40-31)24(25(31)29(38)35(27)18-11-12-19-36)28(37)34(17-7-3)22-14-9-8-10-15-22/h6-10,14-15,21,23-27,36H,2-3,5,11-13,16-20H2,1,4H3/t21?,23?,24-,25+,26-,27?,31?/m1/s1. The van der Waals surface area contributed by atoms with Gasteiger partial charge in [0.15, 0.2) is 0 Å². The third-order valence-electron chi connectivity index (χ3n) is 8.61. The zero-order valence-electron chi connectivity index (χ0n) is 23.6. The number of unbranched alkanes of at least 4 members (excludes halogenated alkanes) is 1. The number of aliphatic hydroxyl groups excluding tert-OH is 1. The number of rotatable bonds is 14. The number of halogens is 1. The minimum absolute atomic E-state index is 0.00207. The van der Waals surface area contributed by atoms with Crippen molar-refractivity contribution < 1.29 is 24.2 Å². The SMILES string of the molecule is C=CCN(C(=O)[C@H]1[C@@H]2OC3(CC2Br)C(C(=O)N(CC=C)C(C)CCC)N(CCCCO)C(=O)[C@H]13)c1ccccc1. The number of benzene rings is 1. The van der Waals surface area contributed by atoms with Crippen molar-refractivity contribution in [1.29, 1.82) is 0 Å². The Balaban J connectivity index is 1.77. The lowest BCUT2D eigenvalue weighted by Gasteiger charge is -2.39. The predicted octanol–water partition coefficient (Wildman–Crippen LogP) is 3.93. The number of aliphatic hydroxyl groups is 1. The molecular formula is C31H42BrN3O5. The average molecular weight is 617 g/mol. The van der Waals surface area contributed by atoms with Crippen molar-refractivity contribution in [2.24, 2.45) is 11.8 Å². The summed E-state index contributed by atoms with van der Waals surface area (Å²) in [5.41, 5.74) is -0.396. The molecule has 0 radical (unpaired) electrons. The molecule has 1 N–H and O–H groups in total. The molecule has 0 saturated carbocycles. The Morgan fingerprint density at radius 3 is 2.52 bits per heavy atom. The maximum atomic E-state index is 14.4. The Morgan fingerprint density at radius 1 is 1.20 bits per heavy atom. The normalized spacial score (nSPS) is 29.2. The van der Waals surface area contributed by atoms with Crippen LogP contribution in [0.5, 0.6) is 0 Å². The van der Waals surface area contributed by atoms with Crippen LogP contribution in [0.4, 0.5) is 5.69 Å². The van der Waals surface area contributed by atoms with Crippen molar-refractivity contribution in [3.05, 3.63) is 55.6 Å². The van der Waals surface area contributed by atoms with E-state index in [0.717, 1.165) is 18.5 Å². The molecule has 8 nitrogen and oxygen atoms in total. The molecule has 1 aromatic rings. The fourth-order valence-corrected chi connectivity index (χ4v) is 7.86. The van der Waals surface area contributed by atoms with Gasteiger partial charge in [0, 0.05) is 42.8 Å². The molecule has 9 heteroatoms. The van der Waals surface area contributed by atoms with E-state index >= 15 is 0 Å². The van der Waals surface area contributed by atoms with Crippen molar-refractivity contribution in [3.8, 4) is 0 Å². The predicted molar refractivity (Wildman–Crippen MR) is 159 cm³/mol. The van der Waals surface area contributed by atoms with E-state index in [1.165, 1.54) is 0 Å². The number of alkyl halides is 1.